The summed E-state index contributed by atoms with van der Waals surface area (Å²) < 4.78 is 3.41. The number of nitrogens with one attached hydrogen (secondary N) is 1. The number of rotatable bonds is 7. The molecule has 2 amide bonds. The Labute approximate surface area is 168 Å². The van der Waals surface area contributed by atoms with Crippen LogP contribution in [0.25, 0.3) is 0 Å². The van der Waals surface area contributed by atoms with Crippen LogP contribution in [-0.4, -0.2) is 53.8 Å². The van der Waals surface area contributed by atoms with Crippen LogP contribution in [0.1, 0.15) is 28.9 Å². The van der Waals surface area contributed by atoms with Crippen molar-refractivity contribution in [3.63, 3.8) is 0 Å². The van der Waals surface area contributed by atoms with E-state index in [4.69, 9.17) is 0 Å². The highest BCUT2D eigenvalue weighted by molar-refractivity contribution is 5.91. The molecule has 9 nitrogen and oxygen atoms in total. The highest BCUT2D eigenvalue weighted by atomic mass is 16.2. The Hall–Kier alpha value is -3.49. The maximum atomic E-state index is 12.6. The van der Waals surface area contributed by atoms with E-state index >= 15 is 0 Å². The quantitative estimate of drug-likeness (QED) is 0.648. The standard InChI is InChI=1S/C20H23N7O2/c28-19(14-25-10-8-21-15-25)27-9-4-7-17(27)12-26-13-18(23-24-26)20(29)22-11-16-5-2-1-3-6-16/h1-3,5-6,8,10,13,15,17H,4,7,9,11-12,14H2,(H,22,29)/t17-/m0/s1. The Balaban J connectivity index is 1.33. The van der Waals surface area contributed by atoms with Crippen molar-refractivity contribution in [1.29, 1.82) is 0 Å². The minimum Gasteiger partial charge on any atom is -0.347 e. The van der Waals surface area contributed by atoms with E-state index in [-0.39, 0.29) is 30.1 Å². The highest BCUT2D eigenvalue weighted by Crippen LogP contribution is 2.19. The van der Waals surface area contributed by atoms with Crippen LogP contribution < -0.4 is 5.32 Å². The maximum absolute atomic E-state index is 12.6. The van der Waals surface area contributed by atoms with Crippen LogP contribution >= 0.6 is 0 Å². The molecule has 0 bridgehead atoms. The number of benzene rings is 1. The third kappa shape index (κ3) is 4.68. The molecule has 0 saturated carbocycles. The summed E-state index contributed by atoms with van der Waals surface area (Å²) in [7, 11) is 0. The molecular weight excluding hydrogens is 370 g/mol. The van der Waals surface area contributed by atoms with E-state index in [1.807, 2.05) is 35.2 Å². The number of hydrogen-bond donors (Lipinski definition) is 1. The summed E-state index contributed by atoms with van der Waals surface area (Å²) in [5, 5.41) is 10.9. The molecule has 1 aliphatic rings. The minimum absolute atomic E-state index is 0.0490. The molecule has 3 aromatic rings. The molecule has 0 spiro atoms. The van der Waals surface area contributed by atoms with Gasteiger partial charge in [0.2, 0.25) is 5.91 Å². The fraction of sp³-hybridized carbons (Fsp3) is 0.350. The summed E-state index contributed by atoms with van der Waals surface area (Å²) in [6.45, 7) is 1.97. The number of carbonyl (C=O) groups is 2. The van der Waals surface area contributed by atoms with Crippen LogP contribution in [0.15, 0.2) is 55.2 Å². The van der Waals surface area contributed by atoms with Gasteiger partial charge in [0.25, 0.3) is 5.91 Å². The summed E-state index contributed by atoms with van der Waals surface area (Å²) >= 11 is 0. The second kappa shape index (κ2) is 8.68. The molecule has 1 aliphatic heterocycles. The van der Waals surface area contributed by atoms with Crippen LogP contribution in [0.4, 0.5) is 0 Å². The molecule has 1 N–H and O–H groups in total. The molecule has 1 aromatic carbocycles. The molecule has 150 valence electrons. The van der Waals surface area contributed by atoms with E-state index in [2.05, 4.69) is 20.6 Å². The Morgan fingerprint density at radius 3 is 2.86 bits per heavy atom. The summed E-state index contributed by atoms with van der Waals surface area (Å²) in [4.78, 5) is 30.8. The molecule has 29 heavy (non-hydrogen) atoms. The van der Waals surface area contributed by atoms with E-state index in [1.165, 1.54) is 0 Å². The first-order valence-electron chi connectivity index (χ1n) is 9.66. The number of hydrogen-bond acceptors (Lipinski definition) is 5. The molecule has 1 atom stereocenters. The summed E-state index contributed by atoms with van der Waals surface area (Å²) in [5.74, 6) is -0.203. The van der Waals surface area contributed by atoms with E-state index in [0.29, 0.717) is 13.1 Å². The van der Waals surface area contributed by atoms with Crippen LogP contribution in [-0.2, 0) is 24.4 Å². The molecule has 1 fully saturated rings. The van der Waals surface area contributed by atoms with Gasteiger partial charge < -0.3 is 14.8 Å². The molecule has 3 heterocycles. The van der Waals surface area contributed by atoms with Gasteiger partial charge >= 0.3 is 0 Å². The van der Waals surface area contributed by atoms with Gasteiger partial charge in [0.15, 0.2) is 5.69 Å². The third-order valence-corrected chi connectivity index (χ3v) is 5.04. The molecule has 0 aliphatic carbocycles. The second-order valence-corrected chi connectivity index (χ2v) is 7.11. The number of aromatic nitrogens is 5. The molecule has 0 unspecified atom stereocenters. The van der Waals surface area contributed by atoms with E-state index in [1.54, 1.807) is 34.2 Å². The lowest BCUT2D eigenvalue weighted by Crippen LogP contribution is -2.40. The first kappa shape index (κ1) is 18.9. The van der Waals surface area contributed by atoms with Crippen LogP contribution in [0.3, 0.4) is 0 Å². The third-order valence-electron chi connectivity index (χ3n) is 5.04. The predicted octanol–water partition coefficient (Wildman–Crippen LogP) is 1.10. The van der Waals surface area contributed by atoms with Crippen molar-refractivity contribution in [2.45, 2.75) is 38.5 Å². The first-order valence-corrected chi connectivity index (χ1v) is 9.66. The molecule has 9 heteroatoms. The number of likely N-dealkylation sites (tertiary alicyclic amines) is 1. The van der Waals surface area contributed by atoms with Crippen LogP contribution in [0.2, 0.25) is 0 Å². The Kier molecular flexibility index (Phi) is 5.64. The molecule has 2 aromatic heterocycles. The van der Waals surface area contributed by atoms with Gasteiger partial charge in [0.1, 0.15) is 6.54 Å². The minimum atomic E-state index is -0.264. The van der Waals surface area contributed by atoms with Crippen molar-refractivity contribution in [3.05, 3.63) is 66.5 Å². The lowest BCUT2D eigenvalue weighted by atomic mass is 10.2. The fourth-order valence-corrected chi connectivity index (χ4v) is 3.56. The Morgan fingerprint density at radius 1 is 1.21 bits per heavy atom. The normalized spacial score (nSPS) is 16.1. The molecule has 4 rings (SSSR count). The largest absolute Gasteiger partial charge is 0.347 e. The smallest absolute Gasteiger partial charge is 0.273 e. The predicted molar refractivity (Wildman–Crippen MR) is 105 cm³/mol. The van der Waals surface area contributed by atoms with Crippen molar-refractivity contribution in [2.75, 3.05) is 6.54 Å². The van der Waals surface area contributed by atoms with Crippen molar-refractivity contribution in [1.82, 2.24) is 34.8 Å². The second-order valence-electron chi connectivity index (χ2n) is 7.11. The van der Waals surface area contributed by atoms with E-state index in [0.717, 1.165) is 24.9 Å². The van der Waals surface area contributed by atoms with Gasteiger partial charge in [0.05, 0.1) is 25.1 Å². The first-order chi connectivity index (χ1) is 14.2. The van der Waals surface area contributed by atoms with Crippen molar-refractivity contribution in [3.8, 4) is 0 Å². The van der Waals surface area contributed by atoms with Gasteiger partial charge in [-0.2, -0.15) is 0 Å². The topological polar surface area (TPSA) is 97.9 Å². The van der Waals surface area contributed by atoms with Crippen molar-refractivity contribution < 1.29 is 9.59 Å². The molecule has 1 saturated heterocycles. The van der Waals surface area contributed by atoms with Gasteiger partial charge in [-0.15, -0.1) is 5.10 Å². The number of nitrogens with zero attached hydrogens (tertiary/aromatic N) is 6. The lowest BCUT2D eigenvalue weighted by Gasteiger charge is -2.24. The van der Waals surface area contributed by atoms with Gasteiger partial charge in [0, 0.05) is 25.5 Å². The number of imidazole rings is 1. The zero-order valence-electron chi connectivity index (χ0n) is 16.0. The average Bonchev–Trinajstić information content (AvgIpc) is 3.49. The summed E-state index contributed by atoms with van der Waals surface area (Å²) in [5.41, 5.74) is 1.29. The van der Waals surface area contributed by atoms with Gasteiger partial charge in [-0.1, -0.05) is 35.5 Å². The summed E-state index contributed by atoms with van der Waals surface area (Å²) in [6, 6.07) is 9.74. The highest BCUT2D eigenvalue weighted by Gasteiger charge is 2.29. The van der Waals surface area contributed by atoms with Crippen molar-refractivity contribution >= 4 is 11.8 Å². The molecular formula is C20H23N7O2. The summed E-state index contributed by atoms with van der Waals surface area (Å²) in [6.07, 6.45) is 8.58. The van der Waals surface area contributed by atoms with Crippen molar-refractivity contribution in [2.24, 2.45) is 0 Å². The van der Waals surface area contributed by atoms with Gasteiger partial charge in [-0.05, 0) is 18.4 Å². The zero-order valence-corrected chi connectivity index (χ0v) is 16.0. The van der Waals surface area contributed by atoms with E-state index in [9.17, 15) is 9.59 Å². The Morgan fingerprint density at radius 2 is 2.07 bits per heavy atom. The Bertz CT molecular complexity index is 952. The number of carbonyl (C=O) groups excluding carboxylic acids is 2. The maximum Gasteiger partial charge on any atom is 0.273 e. The monoisotopic (exact) mass is 393 g/mol. The lowest BCUT2D eigenvalue weighted by molar-refractivity contribution is -0.132. The van der Waals surface area contributed by atoms with Crippen LogP contribution in [0, 0.1) is 0 Å². The number of amides is 2. The average molecular weight is 393 g/mol. The van der Waals surface area contributed by atoms with Gasteiger partial charge in [-0.3, -0.25) is 9.59 Å². The van der Waals surface area contributed by atoms with Gasteiger partial charge in [-0.25, -0.2) is 9.67 Å². The van der Waals surface area contributed by atoms with Crippen LogP contribution in [0.5, 0.6) is 0 Å². The molecule has 0 radical (unpaired) electrons. The van der Waals surface area contributed by atoms with E-state index < -0.39 is 0 Å². The zero-order chi connectivity index (χ0) is 20.1. The SMILES string of the molecule is O=C(NCc1ccccc1)c1cn(C[C@@H]2CCCN2C(=O)Cn2ccnc2)nn1. The fourth-order valence-electron chi connectivity index (χ4n) is 3.56.